The fourth-order valence-electron chi connectivity index (χ4n) is 2.58. The van der Waals surface area contributed by atoms with Crippen LogP contribution >= 0.6 is 11.6 Å². The van der Waals surface area contributed by atoms with E-state index in [9.17, 15) is 9.59 Å². The zero-order valence-corrected chi connectivity index (χ0v) is 17.6. The number of esters is 1. The molecule has 0 aliphatic carbocycles. The molecule has 0 radical (unpaired) electrons. The molecule has 1 amide bonds. The van der Waals surface area contributed by atoms with Gasteiger partial charge in [-0.05, 0) is 51.1 Å². The second-order valence-corrected chi connectivity index (χ2v) is 6.15. The van der Waals surface area contributed by atoms with Crippen LogP contribution in [0.3, 0.4) is 0 Å². The zero-order valence-electron chi connectivity index (χ0n) is 16.8. The Hall–Kier alpha value is -2.93. The summed E-state index contributed by atoms with van der Waals surface area (Å²) in [5.41, 5.74) is 0.841. The third-order valence-corrected chi connectivity index (χ3v) is 4.14. The smallest absolute Gasteiger partial charge is 0.337 e. The van der Waals surface area contributed by atoms with E-state index in [1.807, 2.05) is 20.8 Å². The molecular weight excluding hydrogens is 398 g/mol. The van der Waals surface area contributed by atoms with Crippen molar-refractivity contribution in [1.29, 1.82) is 0 Å². The van der Waals surface area contributed by atoms with E-state index in [0.717, 1.165) is 0 Å². The normalized spacial score (nSPS) is 10.2. The third kappa shape index (κ3) is 5.54. The van der Waals surface area contributed by atoms with Crippen LogP contribution in [0.25, 0.3) is 0 Å². The Bertz CT molecular complexity index is 856. The second kappa shape index (κ2) is 10.6. The number of carbonyl (C=O) groups is 2. The maximum absolute atomic E-state index is 12.9. The van der Waals surface area contributed by atoms with Crippen molar-refractivity contribution in [3.63, 3.8) is 0 Å². The van der Waals surface area contributed by atoms with Crippen LogP contribution in [0.4, 0.5) is 5.69 Å². The summed E-state index contributed by atoms with van der Waals surface area (Å²) in [5, 5.41) is 2.99. The van der Waals surface area contributed by atoms with Crippen LogP contribution in [-0.4, -0.2) is 38.8 Å². The Kier molecular flexibility index (Phi) is 8.15. The molecule has 0 saturated carbocycles. The molecule has 2 aromatic carbocycles. The summed E-state index contributed by atoms with van der Waals surface area (Å²) in [4.78, 5) is 24.6. The Morgan fingerprint density at radius 2 is 1.48 bits per heavy atom. The Balaban J connectivity index is 2.41. The number of ether oxygens (including phenoxy) is 4. The molecule has 1 N–H and O–H groups in total. The molecule has 2 aromatic rings. The molecule has 0 unspecified atom stereocenters. The van der Waals surface area contributed by atoms with Gasteiger partial charge in [-0.25, -0.2) is 4.79 Å². The van der Waals surface area contributed by atoms with Gasteiger partial charge < -0.3 is 24.3 Å². The molecule has 0 fully saturated rings. The number of anilines is 1. The van der Waals surface area contributed by atoms with E-state index < -0.39 is 11.9 Å². The molecule has 0 aliphatic heterocycles. The molecule has 0 atom stereocenters. The van der Waals surface area contributed by atoms with Crippen LogP contribution in [0.15, 0.2) is 30.3 Å². The number of hydrogen-bond donors (Lipinski definition) is 1. The summed E-state index contributed by atoms with van der Waals surface area (Å²) in [5.74, 6) is 0.271. The molecule has 7 nitrogen and oxygen atoms in total. The van der Waals surface area contributed by atoms with Crippen LogP contribution < -0.4 is 19.5 Å². The lowest BCUT2D eigenvalue weighted by atomic mass is 10.1. The van der Waals surface area contributed by atoms with E-state index in [1.54, 1.807) is 12.1 Å². The molecular formula is C21H24ClNO6. The maximum Gasteiger partial charge on any atom is 0.337 e. The van der Waals surface area contributed by atoms with Gasteiger partial charge in [0.25, 0.3) is 5.91 Å². The molecule has 0 aromatic heterocycles. The number of carbonyl (C=O) groups excluding carboxylic acids is 2. The average Bonchev–Trinajstić information content (AvgIpc) is 2.71. The molecule has 0 saturated heterocycles. The molecule has 0 spiro atoms. The third-order valence-electron chi connectivity index (χ3n) is 3.81. The van der Waals surface area contributed by atoms with E-state index in [2.05, 4.69) is 5.32 Å². The van der Waals surface area contributed by atoms with Crippen molar-refractivity contribution < 1.29 is 28.5 Å². The number of halogens is 1. The molecule has 0 aliphatic rings. The van der Waals surface area contributed by atoms with Gasteiger partial charge in [0.15, 0.2) is 11.5 Å². The van der Waals surface area contributed by atoms with E-state index in [0.29, 0.717) is 42.6 Å². The van der Waals surface area contributed by atoms with Crippen molar-refractivity contribution in [2.75, 3.05) is 32.2 Å². The molecule has 2 rings (SSSR count). The quantitative estimate of drug-likeness (QED) is 0.597. The summed E-state index contributed by atoms with van der Waals surface area (Å²) >= 11 is 6.17. The Labute approximate surface area is 174 Å². The molecule has 0 bridgehead atoms. The summed E-state index contributed by atoms with van der Waals surface area (Å²) in [7, 11) is 1.28. The van der Waals surface area contributed by atoms with E-state index in [1.165, 1.54) is 25.3 Å². The van der Waals surface area contributed by atoms with Crippen molar-refractivity contribution in [3.8, 4) is 17.2 Å². The minimum Gasteiger partial charge on any atom is -0.490 e. The van der Waals surface area contributed by atoms with Gasteiger partial charge in [-0.1, -0.05) is 11.6 Å². The lowest BCUT2D eigenvalue weighted by molar-refractivity contribution is 0.0600. The van der Waals surface area contributed by atoms with Crippen molar-refractivity contribution in [1.82, 2.24) is 0 Å². The highest BCUT2D eigenvalue weighted by Gasteiger charge is 2.19. The van der Waals surface area contributed by atoms with Crippen LogP contribution in [0.2, 0.25) is 5.02 Å². The fourth-order valence-corrected chi connectivity index (χ4v) is 2.74. The molecule has 0 heterocycles. The standard InChI is InChI=1S/C21H24ClNO6/c1-5-27-17-11-14(12-18(28-6-2)19(17)29-7-3)20(24)23-16-10-13(21(25)26-4)8-9-15(16)22/h8-12H,5-7H2,1-4H3,(H,23,24). The Morgan fingerprint density at radius 1 is 0.897 bits per heavy atom. The summed E-state index contributed by atoms with van der Waals surface area (Å²) in [6.45, 7) is 6.72. The largest absolute Gasteiger partial charge is 0.490 e. The summed E-state index contributed by atoms with van der Waals surface area (Å²) in [6.07, 6.45) is 0. The van der Waals surface area contributed by atoms with Gasteiger partial charge in [-0.2, -0.15) is 0 Å². The van der Waals surface area contributed by atoms with Crippen LogP contribution in [-0.2, 0) is 4.74 Å². The van der Waals surface area contributed by atoms with Crippen LogP contribution in [0.5, 0.6) is 17.2 Å². The van der Waals surface area contributed by atoms with Gasteiger partial charge in [0.05, 0.1) is 43.2 Å². The molecule has 156 valence electrons. The topological polar surface area (TPSA) is 83.1 Å². The van der Waals surface area contributed by atoms with Gasteiger partial charge >= 0.3 is 5.97 Å². The predicted molar refractivity (Wildman–Crippen MR) is 111 cm³/mol. The minimum atomic E-state index is -0.532. The lowest BCUT2D eigenvalue weighted by Gasteiger charge is -2.17. The zero-order chi connectivity index (χ0) is 21.4. The highest BCUT2D eigenvalue weighted by molar-refractivity contribution is 6.34. The van der Waals surface area contributed by atoms with Gasteiger partial charge in [-0.3, -0.25) is 4.79 Å². The minimum absolute atomic E-state index is 0.268. The van der Waals surface area contributed by atoms with Gasteiger partial charge in [0.2, 0.25) is 5.75 Å². The molecule has 29 heavy (non-hydrogen) atoms. The van der Waals surface area contributed by atoms with Crippen molar-refractivity contribution >= 4 is 29.2 Å². The first-order valence-corrected chi connectivity index (χ1v) is 9.58. The maximum atomic E-state index is 12.9. The van der Waals surface area contributed by atoms with Crippen LogP contribution in [0.1, 0.15) is 41.5 Å². The first kappa shape index (κ1) is 22.4. The number of amides is 1. The summed E-state index contributed by atoms with van der Waals surface area (Å²) < 4.78 is 21.6. The number of hydrogen-bond acceptors (Lipinski definition) is 6. The van der Waals surface area contributed by atoms with Crippen molar-refractivity contribution in [2.24, 2.45) is 0 Å². The van der Waals surface area contributed by atoms with Crippen molar-refractivity contribution in [2.45, 2.75) is 20.8 Å². The molecule has 8 heteroatoms. The van der Waals surface area contributed by atoms with Gasteiger partial charge in [0.1, 0.15) is 0 Å². The SMILES string of the molecule is CCOc1cc(C(=O)Nc2cc(C(=O)OC)ccc2Cl)cc(OCC)c1OCC. The second-order valence-electron chi connectivity index (χ2n) is 5.74. The first-order chi connectivity index (χ1) is 13.9. The van der Waals surface area contributed by atoms with Crippen molar-refractivity contribution in [3.05, 3.63) is 46.5 Å². The average molecular weight is 422 g/mol. The first-order valence-electron chi connectivity index (χ1n) is 9.20. The summed E-state index contributed by atoms with van der Waals surface area (Å²) in [6, 6.07) is 7.63. The highest BCUT2D eigenvalue weighted by atomic mass is 35.5. The monoisotopic (exact) mass is 421 g/mol. The number of benzene rings is 2. The van der Waals surface area contributed by atoms with E-state index >= 15 is 0 Å². The number of methoxy groups -OCH3 is 1. The van der Waals surface area contributed by atoms with Gasteiger partial charge in [0, 0.05) is 5.56 Å². The van der Waals surface area contributed by atoms with Gasteiger partial charge in [-0.15, -0.1) is 0 Å². The van der Waals surface area contributed by atoms with E-state index in [4.69, 9.17) is 30.5 Å². The number of rotatable bonds is 9. The number of nitrogens with one attached hydrogen (secondary N) is 1. The fraction of sp³-hybridized carbons (Fsp3) is 0.333. The lowest BCUT2D eigenvalue weighted by Crippen LogP contribution is -2.14. The Morgan fingerprint density at radius 3 is 2.00 bits per heavy atom. The van der Waals surface area contributed by atoms with Crippen LogP contribution in [0, 0.1) is 0 Å². The predicted octanol–water partition coefficient (Wildman–Crippen LogP) is 4.58. The van der Waals surface area contributed by atoms with E-state index in [-0.39, 0.29) is 16.3 Å². The highest BCUT2D eigenvalue weighted by Crippen LogP contribution is 2.39.